The van der Waals surface area contributed by atoms with Crippen molar-refractivity contribution in [3.63, 3.8) is 0 Å². The van der Waals surface area contributed by atoms with Crippen molar-refractivity contribution in [1.82, 2.24) is 4.98 Å². The molecule has 0 unspecified atom stereocenters. The minimum absolute atomic E-state index is 0.0562. The van der Waals surface area contributed by atoms with Crippen molar-refractivity contribution in [2.75, 3.05) is 7.11 Å². The lowest BCUT2D eigenvalue weighted by Crippen LogP contribution is -2.02. The number of pyridine rings is 1. The number of methoxy groups -OCH3 is 1. The van der Waals surface area contributed by atoms with Crippen LogP contribution in [0.15, 0.2) is 24.3 Å². The zero-order valence-electron chi connectivity index (χ0n) is 9.49. The van der Waals surface area contributed by atoms with E-state index in [4.69, 9.17) is 16.3 Å². The van der Waals surface area contributed by atoms with E-state index in [1.54, 1.807) is 19.2 Å². The van der Waals surface area contributed by atoms with Gasteiger partial charge in [0.1, 0.15) is 5.75 Å². The maximum Gasteiger partial charge on any atom is 0.387 e. The smallest absolute Gasteiger partial charge is 0.387 e. The number of nitrogens with zero attached hydrogens (tertiary/aromatic N) is 1. The van der Waals surface area contributed by atoms with E-state index in [1.807, 2.05) is 0 Å². The van der Waals surface area contributed by atoms with Crippen molar-refractivity contribution in [2.45, 2.75) is 13.2 Å². The fraction of sp³-hybridized carbons (Fsp3) is 0.250. The van der Waals surface area contributed by atoms with Crippen LogP contribution in [0.2, 0.25) is 5.02 Å². The first kappa shape index (κ1) is 13.0. The lowest BCUT2D eigenvalue weighted by molar-refractivity contribution is -0.0497. The monoisotopic (exact) mass is 273 g/mol. The maximum atomic E-state index is 12.1. The Morgan fingerprint density at radius 3 is 2.78 bits per heavy atom. The second-order valence-electron chi connectivity index (χ2n) is 3.59. The average molecular weight is 274 g/mol. The first-order chi connectivity index (χ1) is 8.60. The largest absolute Gasteiger partial charge is 0.435 e. The van der Waals surface area contributed by atoms with E-state index >= 15 is 0 Å². The minimum atomic E-state index is -2.86. The number of hydrogen-bond donors (Lipinski definition) is 0. The number of halogens is 3. The molecule has 0 fully saturated rings. The molecule has 0 aliphatic rings. The van der Waals surface area contributed by atoms with Gasteiger partial charge >= 0.3 is 6.61 Å². The molecule has 0 aliphatic heterocycles. The van der Waals surface area contributed by atoms with Gasteiger partial charge in [0.15, 0.2) is 0 Å². The molecule has 1 aromatic heterocycles. The van der Waals surface area contributed by atoms with Crippen LogP contribution in [0.4, 0.5) is 8.78 Å². The molecular weight excluding hydrogens is 264 g/mol. The van der Waals surface area contributed by atoms with Crippen molar-refractivity contribution >= 4 is 22.5 Å². The summed E-state index contributed by atoms with van der Waals surface area (Å²) in [6.07, 6.45) is 0. The van der Waals surface area contributed by atoms with E-state index in [0.29, 0.717) is 28.2 Å². The summed E-state index contributed by atoms with van der Waals surface area (Å²) >= 11 is 6.07. The Hall–Kier alpha value is -1.46. The number of ether oxygens (including phenoxy) is 2. The Labute approximate surface area is 107 Å². The predicted molar refractivity (Wildman–Crippen MR) is 64.1 cm³/mol. The molecule has 0 saturated heterocycles. The third kappa shape index (κ3) is 2.86. The summed E-state index contributed by atoms with van der Waals surface area (Å²) in [6.45, 7) is -2.52. The van der Waals surface area contributed by atoms with E-state index < -0.39 is 6.61 Å². The second kappa shape index (κ2) is 5.46. The van der Waals surface area contributed by atoms with Gasteiger partial charge in [-0.2, -0.15) is 8.78 Å². The van der Waals surface area contributed by atoms with Crippen LogP contribution in [0.1, 0.15) is 5.69 Å². The molecule has 0 atom stereocenters. The molecule has 0 radical (unpaired) electrons. The van der Waals surface area contributed by atoms with Gasteiger partial charge < -0.3 is 9.47 Å². The summed E-state index contributed by atoms with van der Waals surface area (Å²) in [7, 11) is 1.55. The highest BCUT2D eigenvalue weighted by Gasteiger charge is 2.08. The highest BCUT2D eigenvalue weighted by Crippen LogP contribution is 2.28. The van der Waals surface area contributed by atoms with Crippen LogP contribution in [0.25, 0.3) is 10.9 Å². The topological polar surface area (TPSA) is 31.4 Å². The summed E-state index contributed by atoms with van der Waals surface area (Å²) in [5.41, 5.74) is 1.29. The highest BCUT2D eigenvalue weighted by molar-refractivity contribution is 6.35. The Balaban J connectivity index is 2.44. The molecule has 0 bridgehead atoms. The molecule has 3 nitrogen and oxygen atoms in total. The minimum Gasteiger partial charge on any atom is -0.435 e. The second-order valence-corrected chi connectivity index (χ2v) is 3.99. The fourth-order valence-electron chi connectivity index (χ4n) is 1.61. The van der Waals surface area contributed by atoms with Gasteiger partial charge in [0, 0.05) is 12.5 Å². The van der Waals surface area contributed by atoms with Crippen LogP contribution in [0.3, 0.4) is 0 Å². The molecule has 6 heteroatoms. The zero-order valence-corrected chi connectivity index (χ0v) is 10.2. The van der Waals surface area contributed by atoms with Crippen LogP contribution in [0, 0.1) is 0 Å². The third-order valence-corrected chi connectivity index (χ3v) is 2.61. The molecule has 2 aromatic rings. The van der Waals surface area contributed by atoms with Crippen LogP contribution in [-0.4, -0.2) is 18.7 Å². The van der Waals surface area contributed by atoms with Crippen molar-refractivity contribution in [1.29, 1.82) is 0 Å². The molecule has 0 saturated carbocycles. The Bertz CT molecular complexity index is 563. The van der Waals surface area contributed by atoms with Crippen LogP contribution < -0.4 is 4.74 Å². The van der Waals surface area contributed by atoms with Gasteiger partial charge in [-0.15, -0.1) is 0 Å². The molecule has 2 rings (SSSR count). The van der Waals surface area contributed by atoms with E-state index in [1.165, 1.54) is 12.1 Å². The highest BCUT2D eigenvalue weighted by atomic mass is 35.5. The van der Waals surface area contributed by atoms with Gasteiger partial charge in [-0.1, -0.05) is 11.6 Å². The van der Waals surface area contributed by atoms with Crippen molar-refractivity contribution in [2.24, 2.45) is 0 Å². The molecular formula is C12H10ClF2NO2. The maximum absolute atomic E-state index is 12.1. The van der Waals surface area contributed by atoms with Gasteiger partial charge in [0.2, 0.25) is 0 Å². The average Bonchev–Trinajstić information content (AvgIpc) is 2.30. The summed E-state index contributed by atoms with van der Waals surface area (Å²) in [5, 5.41) is 0.987. The van der Waals surface area contributed by atoms with Crippen molar-refractivity contribution in [3.05, 3.63) is 35.0 Å². The molecule has 0 N–H and O–H groups in total. The fourth-order valence-corrected chi connectivity index (χ4v) is 1.89. The number of alkyl halides is 2. The SMILES string of the molecule is COCc1cc(Cl)c2cc(OC(F)F)ccc2n1. The van der Waals surface area contributed by atoms with Crippen LogP contribution in [-0.2, 0) is 11.3 Å². The van der Waals surface area contributed by atoms with Gasteiger partial charge in [-0.25, -0.2) is 0 Å². The summed E-state index contributed by atoms with van der Waals surface area (Å²) in [6, 6.07) is 6.08. The lowest BCUT2D eigenvalue weighted by Gasteiger charge is -2.08. The predicted octanol–water partition coefficient (Wildman–Crippen LogP) is 3.64. The van der Waals surface area contributed by atoms with E-state index in [2.05, 4.69) is 9.72 Å². The van der Waals surface area contributed by atoms with Gasteiger partial charge in [0.25, 0.3) is 0 Å². The van der Waals surface area contributed by atoms with Crippen LogP contribution in [0.5, 0.6) is 5.75 Å². The summed E-state index contributed by atoms with van der Waals surface area (Å²) < 4.78 is 33.5. The number of fused-ring (bicyclic) bond motifs is 1. The van der Waals surface area contributed by atoms with E-state index in [0.717, 1.165) is 0 Å². The van der Waals surface area contributed by atoms with Crippen molar-refractivity contribution in [3.8, 4) is 5.75 Å². The quantitative estimate of drug-likeness (QED) is 0.852. The molecule has 96 valence electrons. The lowest BCUT2D eigenvalue weighted by atomic mass is 10.2. The summed E-state index contributed by atoms with van der Waals surface area (Å²) in [5.74, 6) is 0.0562. The standard InChI is InChI=1S/C12H10ClF2NO2/c1-17-6-7-4-10(13)9-5-8(18-12(14)15)2-3-11(9)16-7/h2-5,12H,6H2,1H3. The molecule has 1 aromatic carbocycles. The number of benzene rings is 1. The molecule has 0 aliphatic carbocycles. The van der Waals surface area contributed by atoms with E-state index in [9.17, 15) is 8.78 Å². The normalized spacial score (nSPS) is 11.2. The van der Waals surface area contributed by atoms with Crippen molar-refractivity contribution < 1.29 is 18.3 Å². The molecule has 0 amide bonds. The van der Waals surface area contributed by atoms with Gasteiger partial charge in [0.05, 0.1) is 22.8 Å². The van der Waals surface area contributed by atoms with Crippen LogP contribution >= 0.6 is 11.6 Å². The molecule has 1 heterocycles. The first-order valence-electron chi connectivity index (χ1n) is 5.13. The number of rotatable bonds is 4. The van der Waals surface area contributed by atoms with Gasteiger partial charge in [-0.3, -0.25) is 4.98 Å². The zero-order chi connectivity index (χ0) is 13.1. The Morgan fingerprint density at radius 1 is 1.33 bits per heavy atom. The third-order valence-electron chi connectivity index (χ3n) is 2.30. The summed E-state index contributed by atoms with van der Waals surface area (Å²) in [4.78, 5) is 4.29. The Morgan fingerprint density at radius 2 is 2.11 bits per heavy atom. The number of aromatic nitrogens is 1. The number of hydrogen-bond acceptors (Lipinski definition) is 3. The van der Waals surface area contributed by atoms with Gasteiger partial charge in [-0.05, 0) is 24.3 Å². The molecule has 0 spiro atoms. The van der Waals surface area contributed by atoms with E-state index in [-0.39, 0.29) is 5.75 Å². The Kier molecular flexibility index (Phi) is 3.93. The first-order valence-corrected chi connectivity index (χ1v) is 5.51. The molecule has 18 heavy (non-hydrogen) atoms.